The normalized spacial score (nSPS) is 13.3. The minimum Gasteiger partial charge on any atom is -0.477 e. The third-order valence-electron chi connectivity index (χ3n) is 9.54. The maximum Gasteiger partial charge on any atom is 0.362 e. The largest absolute Gasteiger partial charge is 0.477 e. The maximum atomic E-state index is 12.7. The van der Waals surface area contributed by atoms with Gasteiger partial charge in [-0.3, -0.25) is 9.59 Å². The van der Waals surface area contributed by atoms with E-state index in [0.29, 0.717) is 19.3 Å². The second-order valence-electron chi connectivity index (χ2n) is 15.6. The number of rotatable bonds is 38. The highest BCUT2D eigenvalue weighted by Crippen LogP contribution is 2.14. The van der Waals surface area contributed by atoms with E-state index in [2.05, 4.69) is 38.2 Å². The van der Waals surface area contributed by atoms with E-state index in [1.165, 1.54) is 109 Å². The van der Waals surface area contributed by atoms with Crippen LogP contribution in [0.1, 0.15) is 181 Å². The third kappa shape index (κ3) is 35.0. The number of carboxylic acids is 1. The molecule has 0 radical (unpaired) electrons. The van der Waals surface area contributed by atoms with Gasteiger partial charge in [0.2, 0.25) is 0 Å². The molecular weight excluding hydrogens is 666 g/mol. The molecule has 0 aliphatic heterocycles. The zero-order valence-electron chi connectivity index (χ0n) is 35.0. The quantitative estimate of drug-likeness (QED) is 0.0290. The van der Waals surface area contributed by atoms with E-state index in [1.807, 2.05) is 33.3 Å². The Balaban J connectivity index is 4.20. The van der Waals surface area contributed by atoms with Crippen molar-refractivity contribution in [1.82, 2.24) is 0 Å². The molecule has 0 saturated heterocycles. The molecule has 0 aromatic rings. The summed E-state index contributed by atoms with van der Waals surface area (Å²) >= 11 is 0. The van der Waals surface area contributed by atoms with Crippen LogP contribution in [0, 0.1) is 0 Å². The number of ether oxygens (including phenoxy) is 3. The molecule has 1 N–H and O–H groups in total. The predicted molar refractivity (Wildman–Crippen MR) is 220 cm³/mol. The Kier molecular flexibility index (Phi) is 34.8. The van der Waals surface area contributed by atoms with Crippen molar-refractivity contribution >= 4 is 17.9 Å². The number of carbonyl (C=O) groups is 3. The number of carboxylic acid groups (broad SMARTS) is 1. The summed E-state index contributed by atoms with van der Waals surface area (Å²) < 4.78 is 17.1. The lowest BCUT2D eigenvalue weighted by molar-refractivity contribution is -0.887. The Morgan fingerprint density at radius 1 is 0.585 bits per heavy atom. The number of aliphatic carboxylic acids is 1. The number of hydrogen-bond acceptors (Lipinski definition) is 6. The van der Waals surface area contributed by atoms with Crippen LogP contribution in [0.25, 0.3) is 0 Å². The molecule has 2 atom stereocenters. The molecule has 8 heteroatoms. The first kappa shape index (κ1) is 50.5. The van der Waals surface area contributed by atoms with Crippen LogP contribution in [0.4, 0.5) is 0 Å². The molecule has 0 amide bonds. The van der Waals surface area contributed by atoms with Crippen LogP contribution in [0.2, 0.25) is 0 Å². The van der Waals surface area contributed by atoms with Crippen molar-refractivity contribution < 1.29 is 38.2 Å². The summed E-state index contributed by atoms with van der Waals surface area (Å²) in [6.07, 6.45) is 41.0. The van der Waals surface area contributed by atoms with Crippen LogP contribution in [0.5, 0.6) is 0 Å². The third-order valence-corrected chi connectivity index (χ3v) is 9.54. The van der Waals surface area contributed by atoms with Gasteiger partial charge in [0.25, 0.3) is 0 Å². The first-order chi connectivity index (χ1) is 25.6. The summed E-state index contributed by atoms with van der Waals surface area (Å²) in [5, 5.41) is 9.58. The van der Waals surface area contributed by atoms with Gasteiger partial charge in [0, 0.05) is 19.3 Å². The van der Waals surface area contributed by atoms with Gasteiger partial charge in [-0.15, -0.1) is 0 Å². The highest BCUT2D eigenvalue weighted by molar-refractivity contribution is 5.72. The zero-order valence-corrected chi connectivity index (χ0v) is 35.0. The molecule has 0 heterocycles. The van der Waals surface area contributed by atoms with Crippen LogP contribution in [-0.2, 0) is 28.6 Å². The summed E-state index contributed by atoms with van der Waals surface area (Å²) in [7, 11) is 5.50. The Bertz CT molecular complexity index is 968. The van der Waals surface area contributed by atoms with E-state index in [-0.39, 0.29) is 42.7 Å². The van der Waals surface area contributed by atoms with Gasteiger partial charge in [-0.05, 0) is 51.4 Å². The van der Waals surface area contributed by atoms with Crippen molar-refractivity contribution in [2.75, 3.05) is 41.0 Å². The second-order valence-corrected chi connectivity index (χ2v) is 15.6. The Labute approximate surface area is 325 Å². The van der Waals surface area contributed by atoms with E-state index in [1.54, 1.807) is 0 Å². The first-order valence-electron chi connectivity index (χ1n) is 21.5. The average molecular weight is 749 g/mol. The van der Waals surface area contributed by atoms with Crippen molar-refractivity contribution in [1.29, 1.82) is 0 Å². The van der Waals surface area contributed by atoms with Gasteiger partial charge in [0.1, 0.15) is 6.61 Å². The summed E-state index contributed by atoms with van der Waals surface area (Å²) in [4.78, 5) is 36.7. The monoisotopic (exact) mass is 749 g/mol. The minimum atomic E-state index is -0.884. The van der Waals surface area contributed by atoms with E-state index >= 15 is 0 Å². The SMILES string of the molecule is CC/C=C/C/C=C/CCC(=O)OCC(COCCC(C(=O)O)[N+](C)(C)C)OC(=O)CCCCCCCCC/C=C/CCCCCCCCCCCCC. The molecule has 0 aromatic heterocycles. The summed E-state index contributed by atoms with van der Waals surface area (Å²) in [6, 6.07) is -0.620. The molecule has 308 valence electrons. The molecule has 0 aliphatic carbocycles. The number of allylic oxidation sites excluding steroid dienone is 6. The average Bonchev–Trinajstić information content (AvgIpc) is 3.11. The van der Waals surface area contributed by atoms with Gasteiger partial charge in [-0.25, -0.2) is 4.79 Å². The lowest BCUT2D eigenvalue weighted by Gasteiger charge is -2.31. The molecule has 2 unspecified atom stereocenters. The van der Waals surface area contributed by atoms with Gasteiger partial charge in [0.05, 0.1) is 34.4 Å². The van der Waals surface area contributed by atoms with Crippen molar-refractivity contribution in [3.63, 3.8) is 0 Å². The highest BCUT2D eigenvalue weighted by Gasteiger charge is 2.31. The zero-order chi connectivity index (χ0) is 39.3. The van der Waals surface area contributed by atoms with Crippen molar-refractivity contribution in [2.24, 2.45) is 0 Å². The van der Waals surface area contributed by atoms with Crippen molar-refractivity contribution in [3.05, 3.63) is 36.5 Å². The van der Waals surface area contributed by atoms with E-state index in [9.17, 15) is 19.5 Å². The standard InChI is InChI=1S/C45H81NO7/c1-6-8-10-12-14-15-16-17-18-19-20-21-22-23-24-25-26-27-28-30-32-34-36-44(48)53-41(39-51-38-37-42(45(49)50)46(3,4)5)40-52-43(47)35-33-31-29-13-11-9-7-2/h9,11,22-23,29,31,41-42H,6-8,10,12-21,24-28,30,32-40H2,1-5H3/p+1/b11-9+,23-22+,31-29+. The fourth-order valence-corrected chi connectivity index (χ4v) is 6.21. The van der Waals surface area contributed by atoms with Gasteiger partial charge in [-0.2, -0.15) is 0 Å². The Hall–Kier alpha value is -2.45. The molecule has 0 bridgehead atoms. The predicted octanol–water partition coefficient (Wildman–Crippen LogP) is 11.5. The van der Waals surface area contributed by atoms with Gasteiger partial charge >= 0.3 is 17.9 Å². The van der Waals surface area contributed by atoms with Gasteiger partial charge < -0.3 is 23.8 Å². The summed E-state index contributed by atoms with van der Waals surface area (Å²) in [5.74, 6) is -1.57. The maximum absolute atomic E-state index is 12.7. The van der Waals surface area contributed by atoms with Crippen LogP contribution < -0.4 is 0 Å². The Morgan fingerprint density at radius 2 is 1.09 bits per heavy atom. The summed E-state index contributed by atoms with van der Waals surface area (Å²) in [5.41, 5.74) is 0. The molecule has 0 rings (SSSR count). The molecule has 0 spiro atoms. The first-order valence-corrected chi connectivity index (χ1v) is 21.5. The van der Waals surface area contributed by atoms with E-state index in [0.717, 1.165) is 32.1 Å². The second kappa shape index (κ2) is 36.5. The lowest BCUT2D eigenvalue weighted by atomic mass is 10.0. The van der Waals surface area contributed by atoms with Gasteiger partial charge in [-0.1, -0.05) is 147 Å². The van der Waals surface area contributed by atoms with Crippen LogP contribution in [-0.4, -0.2) is 80.6 Å². The van der Waals surface area contributed by atoms with E-state index < -0.39 is 18.1 Å². The number of esters is 2. The summed E-state index contributed by atoms with van der Waals surface area (Å²) in [6.45, 7) is 4.52. The molecule has 8 nitrogen and oxygen atoms in total. The molecule has 0 saturated carbocycles. The molecule has 53 heavy (non-hydrogen) atoms. The van der Waals surface area contributed by atoms with Crippen molar-refractivity contribution in [2.45, 2.75) is 193 Å². The van der Waals surface area contributed by atoms with Crippen molar-refractivity contribution in [3.8, 4) is 0 Å². The lowest BCUT2D eigenvalue weighted by Crippen LogP contribution is -2.50. The topological polar surface area (TPSA) is 99.1 Å². The number of nitrogens with zero attached hydrogens (tertiary/aromatic N) is 1. The number of quaternary nitrogens is 1. The molecule has 0 aromatic carbocycles. The van der Waals surface area contributed by atoms with Crippen LogP contribution >= 0.6 is 0 Å². The molecule has 0 aliphatic rings. The van der Waals surface area contributed by atoms with Crippen LogP contribution in [0.3, 0.4) is 0 Å². The van der Waals surface area contributed by atoms with Crippen LogP contribution in [0.15, 0.2) is 36.5 Å². The molecular formula is C45H82NO7+. The minimum absolute atomic E-state index is 0.0424. The molecule has 0 fully saturated rings. The fourth-order valence-electron chi connectivity index (χ4n) is 6.21. The Morgan fingerprint density at radius 3 is 1.62 bits per heavy atom. The number of likely N-dealkylation sites (N-methyl/N-ethyl adjacent to an activating group) is 1. The smallest absolute Gasteiger partial charge is 0.362 e. The highest BCUT2D eigenvalue weighted by atomic mass is 16.6. The number of unbranched alkanes of at least 4 members (excludes halogenated alkanes) is 18. The fraction of sp³-hybridized carbons (Fsp3) is 0.800. The number of carbonyl (C=O) groups excluding carboxylic acids is 2. The van der Waals surface area contributed by atoms with E-state index in [4.69, 9.17) is 14.2 Å². The van der Waals surface area contributed by atoms with Gasteiger partial charge in [0.15, 0.2) is 12.1 Å². The number of hydrogen-bond donors (Lipinski definition) is 1.